The topological polar surface area (TPSA) is 49.4 Å². The maximum Gasteiger partial charge on any atom is 0.229 e. The molecule has 1 saturated heterocycles. The summed E-state index contributed by atoms with van der Waals surface area (Å²) in [5.41, 5.74) is 0.559. The summed E-state index contributed by atoms with van der Waals surface area (Å²) in [5.74, 6) is -0.725. The molecule has 0 spiro atoms. The zero-order valence-corrected chi connectivity index (χ0v) is 10.4. The fraction of sp³-hybridized carbons (Fsp3) is 0.429. The summed E-state index contributed by atoms with van der Waals surface area (Å²) in [5, 5.41) is 2.73. The summed E-state index contributed by atoms with van der Waals surface area (Å²) < 4.78 is 12.8. The Kier molecular flexibility index (Phi) is 2.97. The highest BCUT2D eigenvalue weighted by Gasteiger charge is 2.41. The lowest BCUT2D eigenvalue weighted by Crippen LogP contribution is -2.29. The molecule has 2 amide bonds. The Hall–Kier alpha value is -1.91. The van der Waals surface area contributed by atoms with E-state index in [2.05, 4.69) is 5.32 Å². The molecule has 100 valence electrons. The van der Waals surface area contributed by atoms with Crippen LogP contribution in [0.4, 0.5) is 10.1 Å². The summed E-state index contributed by atoms with van der Waals surface area (Å²) in [6, 6.07) is 5.99. The van der Waals surface area contributed by atoms with Crippen molar-refractivity contribution in [3.05, 3.63) is 30.1 Å². The summed E-state index contributed by atoms with van der Waals surface area (Å²) >= 11 is 0. The number of halogens is 1. The number of amides is 2. The Bertz CT molecular complexity index is 511. The second-order valence-electron chi connectivity index (χ2n) is 5.17. The summed E-state index contributed by atoms with van der Waals surface area (Å²) in [6.07, 6.45) is 2.39. The molecule has 2 aliphatic rings. The van der Waals surface area contributed by atoms with Crippen LogP contribution in [0.2, 0.25) is 0 Å². The van der Waals surface area contributed by atoms with Gasteiger partial charge in [-0.25, -0.2) is 4.39 Å². The normalized spacial score (nSPS) is 22.7. The van der Waals surface area contributed by atoms with Crippen LogP contribution in [0.25, 0.3) is 0 Å². The second kappa shape index (κ2) is 4.64. The minimum absolute atomic E-state index is 0.0711. The van der Waals surface area contributed by atoms with E-state index in [1.807, 2.05) is 4.90 Å². The number of likely N-dealkylation sites (tertiary alicyclic amines) is 1. The average Bonchev–Trinajstić information content (AvgIpc) is 3.15. The highest BCUT2D eigenvalue weighted by Crippen LogP contribution is 2.32. The van der Waals surface area contributed by atoms with E-state index in [0.717, 1.165) is 12.8 Å². The minimum Gasteiger partial charge on any atom is -0.339 e. The lowest BCUT2D eigenvalue weighted by Gasteiger charge is -2.15. The number of benzene rings is 1. The molecular formula is C14H15FN2O2. The average molecular weight is 262 g/mol. The van der Waals surface area contributed by atoms with Crippen LogP contribution in [0.1, 0.15) is 19.3 Å². The first kappa shape index (κ1) is 12.1. The first-order valence-corrected chi connectivity index (χ1v) is 6.49. The molecule has 1 atom stereocenters. The molecule has 5 heteroatoms. The molecule has 2 fully saturated rings. The smallest absolute Gasteiger partial charge is 0.229 e. The molecule has 1 aliphatic carbocycles. The number of anilines is 1. The van der Waals surface area contributed by atoms with Crippen molar-refractivity contribution in [1.82, 2.24) is 4.90 Å². The molecule has 0 unspecified atom stereocenters. The third-order valence-electron chi connectivity index (χ3n) is 3.63. The van der Waals surface area contributed by atoms with E-state index in [4.69, 9.17) is 0 Å². The van der Waals surface area contributed by atoms with E-state index < -0.39 is 0 Å². The monoisotopic (exact) mass is 262 g/mol. The van der Waals surface area contributed by atoms with Crippen LogP contribution in [-0.4, -0.2) is 29.3 Å². The summed E-state index contributed by atoms with van der Waals surface area (Å²) in [4.78, 5) is 25.6. The van der Waals surface area contributed by atoms with Gasteiger partial charge >= 0.3 is 0 Å². The third kappa shape index (κ3) is 2.59. The van der Waals surface area contributed by atoms with Crippen molar-refractivity contribution in [3.8, 4) is 0 Å². The zero-order chi connectivity index (χ0) is 13.4. The predicted molar refractivity (Wildman–Crippen MR) is 67.9 cm³/mol. The number of carbonyl (C=O) groups excluding carboxylic acids is 2. The van der Waals surface area contributed by atoms with Crippen molar-refractivity contribution in [3.63, 3.8) is 0 Å². The number of hydrogen-bond donors (Lipinski definition) is 1. The van der Waals surface area contributed by atoms with Crippen LogP contribution in [0.5, 0.6) is 0 Å². The second-order valence-corrected chi connectivity index (χ2v) is 5.17. The lowest BCUT2D eigenvalue weighted by molar-refractivity contribution is -0.128. The Labute approximate surface area is 110 Å². The fourth-order valence-electron chi connectivity index (χ4n) is 2.42. The van der Waals surface area contributed by atoms with E-state index >= 15 is 0 Å². The molecule has 3 rings (SSSR count). The number of carbonyl (C=O) groups is 2. The van der Waals surface area contributed by atoms with E-state index in [1.165, 1.54) is 24.3 Å². The third-order valence-corrected chi connectivity index (χ3v) is 3.63. The highest BCUT2D eigenvalue weighted by molar-refractivity contribution is 5.97. The van der Waals surface area contributed by atoms with Crippen molar-refractivity contribution in [1.29, 1.82) is 0 Å². The SMILES string of the molecule is O=C(Nc1ccc(F)cc1)[C@H]1CC(=O)N(C2CC2)C1. The van der Waals surface area contributed by atoms with Crippen LogP contribution < -0.4 is 5.32 Å². The quantitative estimate of drug-likeness (QED) is 0.902. The molecule has 0 radical (unpaired) electrons. The van der Waals surface area contributed by atoms with Gasteiger partial charge < -0.3 is 10.2 Å². The Morgan fingerprint density at radius 1 is 1.26 bits per heavy atom. The van der Waals surface area contributed by atoms with E-state index in [9.17, 15) is 14.0 Å². The maximum absolute atomic E-state index is 12.8. The highest BCUT2D eigenvalue weighted by atomic mass is 19.1. The van der Waals surface area contributed by atoms with Gasteiger partial charge in [0, 0.05) is 24.7 Å². The number of rotatable bonds is 3. The number of nitrogens with one attached hydrogen (secondary N) is 1. The summed E-state index contributed by atoms with van der Waals surface area (Å²) in [6.45, 7) is 0.510. The van der Waals surface area contributed by atoms with Gasteiger partial charge in [-0.2, -0.15) is 0 Å². The molecule has 0 bridgehead atoms. The van der Waals surface area contributed by atoms with Gasteiger partial charge in [0.25, 0.3) is 0 Å². The van der Waals surface area contributed by atoms with Gasteiger partial charge in [-0.05, 0) is 37.1 Å². The van der Waals surface area contributed by atoms with Crippen LogP contribution in [-0.2, 0) is 9.59 Å². The number of hydrogen-bond acceptors (Lipinski definition) is 2. The molecule has 1 heterocycles. The molecule has 1 saturated carbocycles. The summed E-state index contributed by atoms with van der Waals surface area (Å²) in [7, 11) is 0. The van der Waals surface area contributed by atoms with Crippen molar-refractivity contribution < 1.29 is 14.0 Å². The van der Waals surface area contributed by atoms with Crippen LogP contribution in [0.15, 0.2) is 24.3 Å². The predicted octanol–water partition coefficient (Wildman–Crippen LogP) is 1.78. The molecular weight excluding hydrogens is 247 g/mol. The van der Waals surface area contributed by atoms with Crippen molar-refractivity contribution in [2.75, 3.05) is 11.9 Å². The van der Waals surface area contributed by atoms with E-state index in [1.54, 1.807) is 0 Å². The molecule has 1 aliphatic heterocycles. The van der Waals surface area contributed by atoms with Crippen molar-refractivity contribution >= 4 is 17.5 Å². The van der Waals surface area contributed by atoms with E-state index in [0.29, 0.717) is 18.3 Å². The molecule has 1 N–H and O–H groups in total. The first-order chi connectivity index (χ1) is 9.13. The van der Waals surface area contributed by atoms with E-state index in [-0.39, 0.29) is 30.0 Å². The van der Waals surface area contributed by atoms with Crippen LogP contribution in [0, 0.1) is 11.7 Å². The van der Waals surface area contributed by atoms with Crippen LogP contribution >= 0.6 is 0 Å². The standard InChI is InChI=1S/C14H15FN2O2/c15-10-1-3-11(4-2-10)16-14(19)9-7-13(18)17(8-9)12-5-6-12/h1-4,9,12H,5-8H2,(H,16,19)/t9-/m0/s1. The van der Waals surface area contributed by atoms with Gasteiger partial charge in [-0.15, -0.1) is 0 Å². The van der Waals surface area contributed by atoms with Crippen molar-refractivity contribution in [2.45, 2.75) is 25.3 Å². The molecule has 19 heavy (non-hydrogen) atoms. The molecule has 1 aromatic rings. The Balaban J connectivity index is 1.61. The fourth-order valence-corrected chi connectivity index (χ4v) is 2.42. The lowest BCUT2D eigenvalue weighted by atomic mass is 10.1. The Morgan fingerprint density at radius 2 is 1.95 bits per heavy atom. The zero-order valence-electron chi connectivity index (χ0n) is 10.4. The molecule has 1 aromatic carbocycles. The molecule has 0 aromatic heterocycles. The van der Waals surface area contributed by atoms with Gasteiger partial charge in [-0.3, -0.25) is 9.59 Å². The largest absolute Gasteiger partial charge is 0.339 e. The first-order valence-electron chi connectivity index (χ1n) is 6.49. The van der Waals surface area contributed by atoms with Gasteiger partial charge in [0.05, 0.1) is 5.92 Å². The van der Waals surface area contributed by atoms with Gasteiger partial charge in [0.1, 0.15) is 5.82 Å². The van der Waals surface area contributed by atoms with Crippen molar-refractivity contribution in [2.24, 2.45) is 5.92 Å². The van der Waals surface area contributed by atoms with Gasteiger partial charge in [-0.1, -0.05) is 0 Å². The van der Waals surface area contributed by atoms with Gasteiger partial charge in [0.15, 0.2) is 0 Å². The van der Waals surface area contributed by atoms with Crippen LogP contribution in [0.3, 0.4) is 0 Å². The maximum atomic E-state index is 12.8. The molecule has 4 nitrogen and oxygen atoms in total. The minimum atomic E-state index is -0.339. The number of nitrogens with zero attached hydrogens (tertiary/aromatic N) is 1. The Morgan fingerprint density at radius 3 is 2.58 bits per heavy atom. The van der Waals surface area contributed by atoms with Gasteiger partial charge in [0.2, 0.25) is 11.8 Å².